The van der Waals surface area contributed by atoms with Gasteiger partial charge in [0.15, 0.2) is 6.10 Å². The van der Waals surface area contributed by atoms with Crippen LogP contribution in [0.25, 0.3) is 10.9 Å². The Morgan fingerprint density at radius 2 is 1.93 bits per heavy atom. The highest BCUT2D eigenvalue weighted by Gasteiger charge is 2.18. The second-order valence-corrected chi connectivity index (χ2v) is 8.48. The Morgan fingerprint density at radius 1 is 1.17 bits per heavy atom. The molecular weight excluding hydrogens is 412 g/mol. The minimum atomic E-state index is -3.86. The van der Waals surface area contributed by atoms with Crippen LogP contribution < -0.4 is 0 Å². The van der Waals surface area contributed by atoms with Crippen LogP contribution in [0.4, 0.5) is 0 Å². The molecular formula is C21H21ClN2O4S. The number of hydrogen-bond acceptors (Lipinski definition) is 6. The van der Waals surface area contributed by atoms with Gasteiger partial charge in [-0.05, 0) is 37.6 Å². The first-order valence-corrected chi connectivity index (χ1v) is 10.9. The molecule has 1 heterocycles. The zero-order valence-corrected chi connectivity index (χ0v) is 17.7. The molecule has 1 unspecified atom stereocenters. The largest absolute Gasteiger partial charge is 0.390 e. The van der Waals surface area contributed by atoms with Crippen LogP contribution in [0.1, 0.15) is 24.5 Å². The highest BCUT2D eigenvalue weighted by molar-refractivity contribution is 7.86. The Kier molecular flexibility index (Phi) is 6.84. The number of oxime groups is 1. The molecule has 29 heavy (non-hydrogen) atoms. The topological polar surface area (TPSA) is 77.9 Å². The maximum atomic E-state index is 12.3. The summed E-state index contributed by atoms with van der Waals surface area (Å²) >= 11 is 6.26. The van der Waals surface area contributed by atoms with E-state index in [-0.39, 0.29) is 11.5 Å². The summed E-state index contributed by atoms with van der Waals surface area (Å²) in [5.41, 5.74) is 2.31. The molecule has 8 heteroatoms. The predicted octanol–water partition coefficient (Wildman–Crippen LogP) is 4.73. The van der Waals surface area contributed by atoms with Gasteiger partial charge in [0, 0.05) is 17.1 Å². The molecule has 0 aliphatic heterocycles. The van der Waals surface area contributed by atoms with Crippen molar-refractivity contribution in [2.24, 2.45) is 5.16 Å². The van der Waals surface area contributed by atoms with Gasteiger partial charge in [0.05, 0.1) is 21.6 Å². The van der Waals surface area contributed by atoms with E-state index in [0.29, 0.717) is 22.5 Å². The molecule has 0 aliphatic carbocycles. The van der Waals surface area contributed by atoms with Crippen LogP contribution in [0, 0.1) is 6.92 Å². The number of halogens is 1. The number of aromatic nitrogens is 1. The molecule has 152 valence electrons. The van der Waals surface area contributed by atoms with Crippen LogP contribution >= 0.6 is 11.6 Å². The van der Waals surface area contributed by atoms with Gasteiger partial charge in [0.2, 0.25) is 0 Å². The standard InChI is InChI=1S/C21H21ClN2O4S/c1-3-17(14-27-29(25,26)18-9-6-15(2)7-10-18)28-24-13-19-20(22)11-8-16-5-4-12-23-21(16)19/h4-13,17H,3,14H2,1-2H3/b24-13+. The molecule has 0 saturated heterocycles. The molecule has 1 atom stereocenters. The van der Waals surface area contributed by atoms with Gasteiger partial charge in [-0.2, -0.15) is 8.42 Å². The average Bonchev–Trinajstić information content (AvgIpc) is 2.72. The van der Waals surface area contributed by atoms with Gasteiger partial charge < -0.3 is 4.84 Å². The summed E-state index contributed by atoms with van der Waals surface area (Å²) < 4.78 is 29.8. The van der Waals surface area contributed by atoms with E-state index in [9.17, 15) is 8.42 Å². The Labute approximate surface area is 175 Å². The lowest BCUT2D eigenvalue weighted by molar-refractivity contribution is 0.0246. The summed E-state index contributed by atoms with van der Waals surface area (Å²) in [4.78, 5) is 9.88. The minimum Gasteiger partial charge on any atom is -0.390 e. The van der Waals surface area contributed by atoms with Crippen molar-refractivity contribution in [1.29, 1.82) is 0 Å². The predicted molar refractivity (Wildman–Crippen MR) is 114 cm³/mol. The molecule has 0 fully saturated rings. The zero-order valence-electron chi connectivity index (χ0n) is 16.1. The Balaban J connectivity index is 1.67. The Bertz CT molecular complexity index is 1120. The summed E-state index contributed by atoms with van der Waals surface area (Å²) in [6.45, 7) is 3.59. The van der Waals surface area contributed by atoms with E-state index in [1.807, 2.05) is 32.0 Å². The molecule has 1 aromatic heterocycles. The normalized spacial score (nSPS) is 13.1. The van der Waals surface area contributed by atoms with Gasteiger partial charge in [0.25, 0.3) is 10.1 Å². The second kappa shape index (κ2) is 9.35. The lowest BCUT2D eigenvalue weighted by Gasteiger charge is -2.13. The van der Waals surface area contributed by atoms with Crippen molar-refractivity contribution in [1.82, 2.24) is 4.98 Å². The van der Waals surface area contributed by atoms with Crippen LogP contribution in [0.2, 0.25) is 5.02 Å². The van der Waals surface area contributed by atoms with Gasteiger partial charge in [-0.15, -0.1) is 0 Å². The summed E-state index contributed by atoms with van der Waals surface area (Å²) in [6.07, 6.45) is 3.14. The first kappa shape index (κ1) is 21.2. The van der Waals surface area contributed by atoms with Crippen molar-refractivity contribution >= 4 is 38.8 Å². The quantitative estimate of drug-likeness (QED) is 0.292. The van der Waals surface area contributed by atoms with E-state index in [2.05, 4.69) is 10.1 Å². The number of rotatable bonds is 8. The first-order chi connectivity index (χ1) is 13.9. The van der Waals surface area contributed by atoms with E-state index in [1.165, 1.54) is 18.3 Å². The van der Waals surface area contributed by atoms with Crippen LogP contribution in [0.5, 0.6) is 0 Å². The third kappa shape index (κ3) is 5.32. The maximum absolute atomic E-state index is 12.3. The fourth-order valence-electron chi connectivity index (χ4n) is 2.60. The van der Waals surface area contributed by atoms with E-state index < -0.39 is 16.2 Å². The monoisotopic (exact) mass is 432 g/mol. The highest BCUT2D eigenvalue weighted by atomic mass is 35.5. The number of pyridine rings is 1. The van der Waals surface area contributed by atoms with Crippen molar-refractivity contribution in [3.8, 4) is 0 Å². The van der Waals surface area contributed by atoms with E-state index in [4.69, 9.17) is 20.6 Å². The molecule has 0 bridgehead atoms. The lowest BCUT2D eigenvalue weighted by atomic mass is 10.1. The smallest absolute Gasteiger partial charge is 0.297 e. The van der Waals surface area contributed by atoms with Gasteiger partial charge >= 0.3 is 0 Å². The van der Waals surface area contributed by atoms with Gasteiger partial charge in [-0.3, -0.25) is 9.17 Å². The molecule has 0 amide bonds. The molecule has 0 spiro atoms. The third-order valence-electron chi connectivity index (χ3n) is 4.33. The summed E-state index contributed by atoms with van der Waals surface area (Å²) in [6, 6.07) is 13.9. The molecule has 3 aromatic rings. The van der Waals surface area contributed by atoms with Crippen LogP contribution in [-0.4, -0.2) is 32.3 Å². The number of benzene rings is 2. The highest BCUT2D eigenvalue weighted by Crippen LogP contribution is 2.23. The molecule has 3 rings (SSSR count). The van der Waals surface area contributed by atoms with E-state index in [1.54, 1.807) is 24.4 Å². The van der Waals surface area contributed by atoms with Crippen LogP contribution in [0.15, 0.2) is 64.8 Å². The third-order valence-corrected chi connectivity index (χ3v) is 5.95. The number of hydrogen-bond donors (Lipinski definition) is 0. The number of aryl methyl sites for hydroxylation is 1. The molecule has 2 aromatic carbocycles. The SMILES string of the molecule is CCC(COS(=O)(=O)c1ccc(C)cc1)O/N=C/c1c(Cl)ccc2cccnc12. The summed E-state index contributed by atoms with van der Waals surface area (Å²) in [5.74, 6) is 0. The van der Waals surface area contributed by atoms with Crippen LogP contribution in [-0.2, 0) is 19.1 Å². The zero-order chi connectivity index (χ0) is 20.9. The fraction of sp³-hybridized carbons (Fsp3) is 0.238. The summed E-state index contributed by atoms with van der Waals surface area (Å²) in [7, 11) is -3.86. The minimum absolute atomic E-state index is 0.107. The molecule has 0 N–H and O–H groups in total. The average molecular weight is 433 g/mol. The van der Waals surface area contributed by atoms with E-state index >= 15 is 0 Å². The first-order valence-electron chi connectivity index (χ1n) is 9.09. The summed E-state index contributed by atoms with van der Waals surface area (Å²) in [5, 5.41) is 5.41. The van der Waals surface area contributed by atoms with Gasteiger partial charge in [-0.25, -0.2) is 0 Å². The fourth-order valence-corrected chi connectivity index (χ4v) is 3.73. The van der Waals surface area contributed by atoms with Crippen molar-refractivity contribution in [2.45, 2.75) is 31.3 Å². The molecule has 0 aliphatic rings. The lowest BCUT2D eigenvalue weighted by Crippen LogP contribution is -2.20. The molecule has 6 nitrogen and oxygen atoms in total. The van der Waals surface area contributed by atoms with Gasteiger partial charge in [0.1, 0.15) is 6.61 Å². The number of nitrogens with zero attached hydrogens (tertiary/aromatic N) is 2. The van der Waals surface area contributed by atoms with Crippen molar-refractivity contribution < 1.29 is 17.4 Å². The van der Waals surface area contributed by atoms with Crippen molar-refractivity contribution in [2.75, 3.05) is 6.61 Å². The Hall–Kier alpha value is -2.48. The van der Waals surface area contributed by atoms with E-state index in [0.717, 1.165) is 10.9 Å². The van der Waals surface area contributed by atoms with Crippen molar-refractivity contribution in [3.63, 3.8) is 0 Å². The number of fused-ring (bicyclic) bond motifs is 1. The molecule has 0 saturated carbocycles. The van der Waals surface area contributed by atoms with Crippen LogP contribution in [0.3, 0.4) is 0 Å². The second-order valence-electron chi connectivity index (χ2n) is 6.46. The molecule has 0 radical (unpaired) electrons. The van der Waals surface area contributed by atoms with Gasteiger partial charge in [-0.1, -0.05) is 53.5 Å². The van der Waals surface area contributed by atoms with Crippen molar-refractivity contribution in [3.05, 3.63) is 70.9 Å². The maximum Gasteiger partial charge on any atom is 0.297 e. The Morgan fingerprint density at radius 3 is 2.66 bits per heavy atom.